The predicted octanol–water partition coefficient (Wildman–Crippen LogP) is 4.10. The highest BCUT2D eigenvalue weighted by molar-refractivity contribution is 5.76. The molecule has 11 atom stereocenters. The van der Waals surface area contributed by atoms with Crippen LogP contribution in [0.1, 0.15) is 132 Å². The standard InChI is InChI=1S/C38H61NO15/c1-9-10-11-12-16-19-29(20-30(45)39-28-17-14-13-15-18-28)53-37-36(34(51-26(7)43)32(21(2)46-37)49-24(5)41)54-38-35(52-27(8)44)33(50-25(6)42)31(22(3)47-38)48-23(4)40/h21-22,28-29,31-38H,9-20H2,1-8H3,(H,39,45)/t21-,22-,29?,31-,32-,33+,34+,35+,36+,37-,38-/m0/s1. The van der Waals surface area contributed by atoms with Crippen LogP contribution in [0.25, 0.3) is 0 Å². The molecule has 2 saturated heterocycles. The maximum atomic E-state index is 13.4. The van der Waals surface area contributed by atoms with E-state index in [4.69, 9.17) is 42.6 Å². The van der Waals surface area contributed by atoms with Gasteiger partial charge in [-0.15, -0.1) is 0 Å². The third-order valence-electron chi connectivity index (χ3n) is 9.60. The van der Waals surface area contributed by atoms with Gasteiger partial charge in [-0.3, -0.25) is 28.8 Å². The van der Waals surface area contributed by atoms with Gasteiger partial charge in [0.15, 0.2) is 49.2 Å². The molecule has 1 amide bonds. The van der Waals surface area contributed by atoms with E-state index in [9.17, 15) is 28.8 Å². The third-order valence-corrected chi connectivity index (χ3v) is 9.60. The first-order valence-corrected chi connectivity index (χ1v) is 19.4. The zero-order valence-electron chi connectivity index (χ0n) is 33.0. The van der Waals surface area contributed by atoms with Gasteiger partial charge in [-0.05, 0) is 33.1 Å². The predicted molar refractivity (Wildman–Crippen MR) is 189 cm³/mol. The van der Waals surface area contributed by atoms with Gasteiger partial charge in [0.05, 0.1) is 24.7 Å². The van der Waals surface area contributed by atoms with E-state index in [0.717, 1.165) is 85.0 Å². The lowest BCUT2D eigenvalue weighted by molar-refractivity contribution is -0.367. The molecule has 16 nitrogen and oxygen atoms in total. The van der Waals surface area contributed by atoms with Crippen LogP contribution < -0.4 is 5.32 Å². The van der Waals surface area contributed by atoms with Crippen molar-refractivity contribution in [3.05, 3.63) is 0 Å². The van der Waals surface area contributed by atoms with E-state index < -0.39 is 97.4 Å². The first-order chi connectivity index (χ1) is 25.6. The fourth-order valence-corrected chi connectivity index (χ4v) is 7.26. The van der Waals surface area contributed by atoms with Crippen molar-refractivity contribution in [2.24, 2.45) is 0 Å². The van der Waals surface area contributed by atoms with E-state index in [-0.39, 0.29) is 18.4 Å². The molecule has 2 aliphatic heterocycles. The molecule has 0 radical (unpaired) electrons. The zero-order valence-corrected chi connectivity index (χ0v) is 33.0. The first-order valence-electron chi connectivity index (χ1n) is 19.4. The lowest BCUT2D eigenvalue weighted by Crippen LogP contribution is -2.66. The third kappa shape index (κ3) is 14.4. The second kappa shape index (κ2) is 22.3. The average molecular weight is 772 g/mol. The molecule has 3 aliphatic rings. The Morgan fingerprint density at radius 1 is 0.593 bits per heavy atom. The topological polar surface area (TPSA) is 198 Å². The summed E-state index contributed by atoms with van der Waals surface area (Å²) < 4.78 is 53.5. The van der Waals surface area contributed by atoms with Gasteiger partial charge in [-0.25, -0.2) is 0 Å². The number of nitrogens with one attached hydrogen (secondary N) is 1. The summed E-state index contributed by atoms with van der Waals surface area (Å²) >= 11 is 0. The van der Waals surface area contributed by atoms with Crippen LogP contribution >= 0.6 is 0 Å². The normalized spacial score (nSPS) is 30.7. The lowest BCUT2D eigenvalue weighted by Gasteiger charge is -2.48. The van der Waals surface area contributed by atoms with Crippen LogP contribution in [0.4, 0.5) is 0 Å². The number of unbranched alkanes of at least 4 members (excludes halogenated alkanes) is 4. The van der Waals surface area contributed by atoms with Gasteiger partial charge in [-0.2, -0.15) is 0 Å². The van der Waals surface area contributed by atoms with Crippen molar-refractivity contribution in [3.63, 3.8) is 0 Å². The van der Waals surface area contributed by atoms with Crippen LogP contribution in [0.15, 0.2) is 0 Å². The number of rotatable bonds is 18. The number of hydrogen-bond donors (Lipinski definition) is 1. The van der Waals surface area contributed by atoms with Crippen LogP contribution in [0.2, 0.25) is 0 Å². The summed E-state index contributed by atoms with van der Waals surface area (Å²) in [6.07, 6.45) is -3.07. The molecule has 2 heterocycles. The number of esters is 5. The van der Waals surface area contributed by atoms with Crippen molar-refractivity contribution in [2.45, 2.75) is 206 Å². The van der Waals surface area contributed by atoms with Crippen molar-refractivity contribution in [1.82, 2.24) is 5.32 Å². The van der Waals surface area contributed by atoms with E-state index in [1.54, 1.807) is 13.8 Å². The van der Waals surface area contributed by atoms with Crippen LogP contribution in [0.5, 0.6) is 0 Å². The molecule has 0 aromatic heterocycles. The molecule has 16 heteroatoms. The van der Waals surface area contributed by atoms with Gasteiger partial charge in [0.25, 0.3) is 0 Å². The van der Waals surface area contributed by atoms with Crippen molar-refractivity contribution in [2.75, 3.05) is 0 Å². The molecule has 308 valence electrons. The minimum atomic E-state index is -1.55. The van der Waals surface area contributed by atoms with Gasteiger partial charge in [0, 0.05) is 40.7 Å². The highest BCUT2D eigenvalue weighted by Crippen LogP contribution is 2.36. The molecule has 1 unspecified atom stereocenters. The Hall–Kier alpha value is -3.34. The summed E-state index contributed by atoms with van der Waals surface area (Å²) in [7, 11) is 0. The number of ether oxygens (including phenoxy) is 9. The van der Waals surface area contributed by atoms with E-state index >= 15 is 0 Å². The molecule has 3 fully saturated rings. The Labute approximate surface area is 318 Å². The SMILES string of the molecule is CCCCCCCC(CC(=O)NC1CCCCC1)O[C@@H]1O[C@@H](C)[C@H](OC(C)=O)[C@@H](OC(C)=O)[C@H]1O[C@@H]1O[C@@H](C)[C@H](OC(C)=O)[C@@H](OC(C)=O)[C@H]1OC(C)=O. The smallest absolute Gasteiger partial charge is 0.303 e. The summed E-state index contributed by atoms with van der Waals surface area (Å²) in [6, 6.07) is 0.0842. The molecule has 0 aromatic rings. The van der Waals surface area contributed by atoms with Crippen LogP contribution in [0, 0.1) is 0 Å². The second-order valence-electron chi connectivity index (χ2n) is 14.5. The molecule has 1 aliphatic carbocycles. The lowest BCUT2D eigenvalue weighted by atomic mass is 9.95. The largest absolute Gasteiger partial charge is 0.456 e. The fourth-order valence-electron chi connectivity index (χ4n) is 7.26. The molecule has 1 N–H and O–H groups in total. The number of carbonyl (C=O) groups is 6. The Bertz CT molecular complexity index is 1260. The van der Waals surface area contributed by atoms with E-state index in [1.807, 2.05) is 0 Å². The molecule has 0 bridgehead atoms. The summed E-state index contributed by atoms with van der Waals surface area (Å²) in [4.78, 5) is 75.1. The quantitative estimate of drug-likeness (QED) is 0.119. The summed E-state index contributed by atoms with van der Waals surface area (Å²) in [6.45, 7) is 11.1. The average Bonchev–Trinajstić information content (AvgIpc) is 3.07. The fraction of sp³-hybridized carbons (Fsp3) is 0.842. The van der Waals surface area contributed by atoms with E-state index in [2.05, 4.69) is 12.2 Å². The molecule has 3 rings (SSSR count). The van der Waals surface area contributed by atoms with Gasteiger partial charge in [0.2, 0.25) is 5.91 Å². The highest BCUT2D eigenvalue weighted by Gasteiger charge is 2.56. The Balaban J connectivity index is 2.03. The monoisotopic (exact) mass is 771 g/mol. The molecule has 0 spiro atoms. The van der Waals surface area contributed by atoms with Gasteiger partial charge >= 0.3 is 29.8 Å². The maximum absolute atomic E-state index is 13.4. The van der Waals surface area contributed by atoms with Crippen molar-refractivity contribution >= 4 is 35.8 Å². The van der Waals surface area contributed by atoms with Gasteiger partial charge < -0.3 is 47.9 Å². The molecule has 0 aromatic carbocycles. The van der Waals surface area contributed by atoms with Crippen LogP contribution in [0.3, 0.4) is 0 Å². The van der Waals surface area contributed by atoms with Crippen LogP contribution in [-0.2, 0) is 71.4 Å². The molecular weight excluding hydrogens is 710 g/mol. The van der Waals surface area contributed by atoms with Crippen LogP contribution in [-0.4, -0.2) is 109 Å². The van der Waals surface area contributed by atoms with Crippen molar-refractivity contribution in [1.29, 1.82) is 0 Å². The molecular formula is C38H61NO15. The Morgan fingerprint density at radius 3 is 1.57 bits per heavy atom. The van der Waals surface area contributed by atoms with Crippen molar-refractivity contribution < 1.29 is 71.4 Å². The van der Waals surface area contributed by atoms with Gasteiger partial charge in [0.1, 0.15) is 0 Å². The molecule has 1 saturated carbocycles. The van der Waals surface area contributed by atoms with Gasteiger partial charge in [-0.1, -0.05) is 58.3 Å². The summed E-state index contributed by atoms with van der Waals surface area (Å²) in [5.74, 6) is -3.86. The number of hydrogen-bond acceptors (Lipinski definition) is 15. The summed E-state index contributed by atoms with van der Waals surface area (Å²) in [5, 5.41) is 3.15. The Morgan fingerprint density at radius 2 is 1.06 bits per heavy atom. The minimum absolute atomic E-state index is 0.0163. The Kier molecular flexibility index (Phi) is 18.6. The van der Waals surface area contributed by atoms with E-state index in [0.29, 0.717) is 6.42 Å². The number of amides is 1. The first kappa shape index (κ1) is 45.1. The summed E-state index contributed by atoms with van der Waals surface area (Å²) in [5.41, 5.74) is 0. The zero-order chi connectivity index (χ0) is 39.9. The number of carbonyl (C=O) groups excluding carboxylic acids is 6. The molecule has 54 heavy (non-hydrogen) atoms. The van der Waals surface area contributed by atoms with Crippen molar-refractivity contribution in [3.8, 4) is 0 Å². The highest BCUT2D eigenvalue weighted by atomic mass is 16.8. The minimum Gasteiger partial charge on any atom is -0.456 e. The maximum Gasteiger partial charge on any atom is 0.303 e. The second-order valence-corrected chi connectivity index (χ2v) is 14.5. The van der Waals surface area contributed by atoms with E-state index in [1.165, 1.54) is 13.8 Å².